The van der Waals surface area contributed by atoms with E-state index in [0.29, 0.717) is 11.8 Å². The maximum Gasteiger partial charge on any atom is 0.131 e. The molecule has 3 aromatic rings. The van der Waals surface area contributed by atoms with Crippen LogP contribution in [0.3, 0.4) is 0 Å². The van der Waals surface area contributed by atoms with Crippen LogP contribution in [-0.2, 0) is 6.54 Å². The summed E-state index contributed by atoms with van der Waals surface area (Å²) in [6, 6.07) is 21.2. The van der Waals surface area contributed by atoms with Crippen LogP contribution in [0.2, 0.25) is 0 Å². The molecule has 4 heteroatoms. The van der Waals surface area contributed by atoms with Crippen molar-refractivity contribution in [2.24, 2.45) is 11.8 Å². The topological polar surface area (TPSA) is 33.1 Å². The Morgan fingerprint density at radius 2 is 1.87 bits per heavy atom. The highest BCUT2D eigenvalue weighted by atomic mass is 35.5. The van der Waals surface area contributed by atoms with Crippen molar-refractivity contribution in [1.82, 2.24) is 4.98 Å². The number of piperidine rings is 3. The number of aromatic nitrogens is 1. The number of nitrogens with zero attached hydrogens (tertiary/aromatic N) is 2. The smallest absolute Gasteiger partial charge is 0.131 e. The summed E-state index contributed by atoms with van der Waals surface area (Å²) in [6.45, 7) is 7.32. The van der Waals surface area contributed by atoms with Gasteiger partial charge in [-0.05, 0) is 23.6 Å². The molecule has 3 aliphatic rings. The minimum Gasteiger partial charge on any atom is -1.00 e. The van der Waals surface area contributed by atoms with E-state index >= 15 is 0 Å². The summed E-state index contributed by atoms with van der Waals surface area (Å²) in [4.78, 5) is 4.50. The molecule has 3 fully saturated rings. The summed E-state index contributed by atoms with van der Waals surface area (Å²) in [5.74, 6) is 1.18. The fourth-order valence-corrected chi connectivity index (χ4v) is 5.91. The molecule has 1 aromatic heterocycles. The molecule has 156 valence electrons. The molecule has 0 radical (unpaired) electrons. The summed E-state index contributed by atoms with van der Waals surface area (Å²) < 4.78 is 0.953. The first-order valence-electron chi connectivity index (χ1n) is 10.7. The molecular weight excluding hydrogens is 392 g/mol. The normalized spacial score (nSPS) is 28.6. The number of rotatable bonds is 5. The lowest BCUT2D eigenvalue weighted by Crippen LogP contribution is -3.00. The van der Waals surface area contributed by atoms with E-state index in [1.807, 2.05) is 30.5 Å². The van der Waals surface area contributed by atoms with Gasteiger partial charge in [-0.1, -0.05) is 54.6 Å². The van der Waals surface area contributed by atoms with Gasteiger partial charge in [0, 0.05) is 35.9 Å². The lowest BCUT2D eigenvalue weighted by Gasteiger charge is -2.58. The zero-order valence-corrected chi connectivity index (χ0v) is 18.0. The number of fused-ring (bicyclic) bond motifs is 4. The van der Waals surface area contributed by atoms with Crippen LogP contribution >= 0.6 is 0 Å². The summed E-state index contributed by atoms with van der Waals surface area (Å²) in [5.41, 5.74) is 3.33. The number of aliphatic hydroxyl groups is 1. The van der Waals surface area contributed by atoms with Gasteiger partial charge in [0.2, 0.25) is 0 Å². The van der Waals surface area contributed by atoms with Crippen molar-refractivity contribution in [1.29, 1.82) is 0 Å². The third kappa shape index (κ3) is 3.56. The average molecular weight is 421 g/mol. The molecule has 5 atom stereocenters. The van der Waals surface area contributed by atoms with E-state index in [9.17, 15) is 5.11 Å². The maximum absolute atomic E-state index is 11.7. The van der Waals surface area contributed by atoms with E-state index in [2.05, 4.69) is 54.0 Å². The fraction of sp³-hybridized carbons (Fsp3) is 0.346. The van der Waals surface area contributed by atoms with E-state index in [4.69, 9.17) is 0 Å². The van der Waals surface area contributed by atoms with Crippen molar-refractivity contribution in [2.45, 2.75) is 31.5 Å². The van der Waals surface area contributed by atoms with Crippen LogP contribution in [0.4, 0.5) is 0 Å². The van der Waals surface area contributed by atoms with Crippen LogP contribution in [0.15, 0.2) is 79.5 Å². The lowest BCUT2D eigenvalue weighted by atomic mass is 9.71. The number of benzene rings is 2. The van der Waals surface area contributed by atoms with Crippen LogP contribution < -0.4 is 12.4 Å². The molecule has 3 aliphatic heterocycles. The summed E-state index contributed by atoms with van der Waals surface area (Å²) in [6.07, 6.45) is 5.79. The van der Waals surface area contributed by atoms with Crippen molar-refractivity contribution >= 4 is 10.9 Å². The highest BCUT2D eigenvalue weighted by molar-refractivity contribution is 5.82. The van der Waals surface area contributed by atoms with Crippen molar-refractivity contribution in [2.75, 3.05) is 13.1 Å². The van der Waals surface area contributed by atoms with Gasteiger partial charge in [0.25, 0.3) is 0 Å². The largest absolute Gasteiger partial charge is 1.00 e. The van der Waals surface area contributed by atoms with E-state index in [-0.39, 0.29) is 18.4 Å². The van der Waals surface area contributed by atoms with E-state index in [1.54, 1.807) is 0 Å². The Morgan fingerprint density at radius 3 is 2.67 bits per heavy atom. The highest BCUT2D eigenvalue weighted by Gasteiger charge is 2.53. The number of para-hydroxylation sites is 1. The van der Waals surface area contributed by atoms with Gasteiger partial charge in [-0.2, -0.15) is 0 Å². The Balaban J connectivity index is 0.00000218. The Kier molecular flexibility index (Phi) is 5.97. The van der Waals surface area contributed by atoms with Gasteiger partial charge in [-0.15, -0.1) is 6.58 Å². The van der Waals surface area contributed by atoms with Crippen molar-refractivity contribution in [3.63, 3.8) is 0 Å². The molecule has 0 amide bonds. The molecule has 30 heavy (non-hydrogen) atoms. The van der Waals surface area contributed by atoms with Crippen LogP contribution in [0.1, 0.15) is 30.1 Å². The molecular formula is C26H29ClN2O. The zero-order chi connectivity index (χ0) is 19.8. The van der Waals surface area contributed by atoms with Crippen LogP contribution in [0.25, 0.3) is 10.9 Å². The molecule has 1 unspecified atom stereocenters. The highest BCUT2D eigenvalue weighted by Crippen LogP contribution is 2.47. The predicted molar refractivity (Wildman–Crippen MR) is 117 cm³/mol. The van der Waals surface area contributed by atoms with Gasteiger partial charge < -0.3 is 22.0 Å². The lowest BCUT2D eigenvalue weighted by molar-refractivity contribution is -0.984. The molecule has 0 spiro atoms. The molecule has 6 rings (SSSR count). The first-order chi connectivity index (χ1) is 14.2. The van der Waals surface area contributed by atoms with Crippen molar-refractivity contribution in [3.8, 4) is 0 Å². The van der Waals surface area contributed by atoms with Gasteiger partial charge in [-0.3, -0.25) is 4.98 Å². The quantitative estimate of drug-likeness (QED) is 0.505. The first kappa shape index (κ1) is 21.0. The number of halogens is 1. The third-order valence-electron chi connectivity index (χ3n) is 7.38. The van der Waals surface area contributed by atoms with E-state index < -0.39 is 6.10 Å². The molecule has 3 nitrogen and oxygen atoms in total. The van der Waals surface area contributed by atoms with Gasteiger partial charge in [0.15, 0.2) is 0 Å². The minimum absolute atomic E-state index is 0. The number of hydrogen-bond donors (Lipinski definition) is 1. The molecule has 0 saturated carbocycles. The number of pyridine rings is 1. The summed E-state index contributed by atoms with van der Waals surface area (Å²) in [5, 5.41) is 12.8. The zero-order valence-electron chi connectivity index (χ0n) is 17.2. The predicted octanol–water partition coefficient (Wildman–Crippen LogP) is 1.88. The molecule has 3 saturated heterocycles. The number of quaternary nitrogens is 1. The van der Waals surface area contributed by atoms with Gasteiger partial charge >= 0.3 is 0 Å². The third-order valence-corrected chi connectivity index (χ3v) is 7.38. The SMILES string of the molecule is C=C[C@H]1C[N+]2(Cc3ccccc3)CC[C@H]1C[C@H]2[C@H](O)c1ccnc2ccccc12.[Cl-]. The van der Waals surface area contributed by atoms with Crippen LogP contribution in [0.5, 0.6) is 0 Å². The number of hydrogen-bond acceptors (Lipinski definition) is 2. The average Bonchev–Trinajstić information content (AvgIpc) is 2.78. The van der Waals surface area contributed by atoms with Gasteiger partial charge in [-0.25, -0.2) is 0 Å². The monoisotopic (exact) mass is 420 g/mol. The van der Waals surface area contributed by atoms with E-state index in [1.165, 1.54) is 12.0 Å². The minimum atomic E-state index is -0.486. The first-order valence-corrected chi connectivity index (χ1v) is 10.7. The van der Waals surface area contributed by atoms with Crippen molar-refractivity contribution < 1.29 is 22.0 Å². The molecule has 4 heterocycles. The molecule has 2 aromatic carbocycles. The van der Waals surface area contributed by atoms with Gasteiger partial charge in [0.1, 0.15) is 18.7 Å². The van der Waals surface area contributed by atoms with Gasteiger partial charge in [0.05, 0.1) is 18.6 Å². The Hall–Kier alpha value is -2.20. The standard InChI is InChI=1S/C26H29N2O.ClH/c1-2-20-18-28(17-19-8-4-3-5-9-19)15-13-21(20)16-25(28)26(29)23-12-14-27-24-11-7-6-10-22(23)24;/h2-12,14,20-21,25-26,29H,1,13,15-18H2;1H/q+1;/p-1/t20-,21-,25-,26+,28?;/m0./s1. The summed E-state index contributed by atoms with van der Waals surface area (Å²) >= 11 is 0. The Labute approximate surface area is 185 Å². The second-order valence-electron chi connectivity index (χ2n) is 8.88. The van der Waals surface area contributed by atoms with E-state index in [0.717, 1.165) is 47.0 Å². The second-order valence-corrected chi connectivity index (χ2v) is 8.88. The second kappa shape index (κ2) is 8.50. The van der Waals surface area contributed by atoms with Crippen LogP contribution in [0, 0.1) is 11.8 Å². The molecule has 1 N–H and O–H groups in total. The number of aliphatic hydroxyl groups excluding tert-OH is 1. The maximum atomic E-state index is 11.7. The summed E-state index contributed by atoms with van der Waals surface area (Å²) in [7, 11) is 0. The fourth-order valence-electron chi connectivity index (χ4n) is 5.91. The molecule has 0 aliphatic carbocycles. The van der Waals surface area contributed by atoms with Crippen molar-refractivity contribution in [3.05, 3.63) is 90.6 Å². The Morgan fingerprint density at radius 1 is 1.10 bits per heavy atom. The molecule has 2 bridgehead atoms. The van der Waals surface area contributed by atoms with Crippen LogP contribution in [-0.4, -0.2) is 33.7 Å². The Bertz CT molecular complexity index is 1020.